The van der Waals surface area contributed by atoms with Gasteiger partial charge in [-0.2, -0.15) is 0 Å². The number of carbonyl (C=O) groups excluding carboxylic acids is 1. The van der Waals surface area contributed by atoms with Crippen molar-refractivity contribution in [1.82, 2.24) is 5.32 Å². The number of benzene rings is 3. The van der Waals surface area contributed by atoms with Gasteiger partial charge in [0.05, 0.1) is 20.8 Å². The molecule has 3 aromatic carbocycles. The fourth-order valence-corrected chi connectivity index (χ4v) is 2.78. The second-order valence-corrected chi connectivity index (χ2v) is 6.09. The molecule has 0 saturated carbocycles. The fourth-order valence-electron chi connectivity index (χ4n) is 2.78. The fraction of sp³-hybridized carbons (Fsp3) is 0.174. The summed E-state index contributed by atoms with van der Waals surface area (Å²) in [6, 6.07) is 19.5. The predicted molar refractivity (Wildman–Crippen MR) is 111 cm³/mol. The van der Waals surface area contributed by atoms with Crippen LogP contribution in [0.5, 0.6) is 17.2 Å². The average molecular weight is 377 g/mol. The molecule has 0 aliphatic rings. The second-order valence-electron chi connectivity index (χ2n) is 6.09. The third-order valence-corrected chi connectivity index (χ3v) is 4.25. The molecule has 1 amide bonds. The van der Waals surface area contributed by atoms with Crippen molar-refractivity contribution in [1.29, 1.82) is 0 Å². The zero-order chi connectivity index (χ0) is 19.8. The number of hydrogen-bond donors (Lipinski definition) is 1. The Balaban J connectivity index is 1.48. The summed E-state index contributed by atoms with van der Waals surface area (Å²) < 4.78 is 16.2. The van der Waals surface area contributed by atoms with Crippen molar-refractivity contribution >= 4 is 22.8 Å². The van der Waals surface area contributed by atoms with E-state index in [1.807, 2.05) is 48.5 Å². The van der Waals surface area contributed by atoms with Crippen LogP contribution in [0, 0.1) is 0 Å². The molecule has 1 N–H and O–H groups in total. The van der Waals surface area contributed by atoms with Crippen molar-refractivity contribution in [3.05, 3.63) is 72.3 Å². The zero-order valence-corrected chi connectivity index (χ0v) is 16.0. The molecule has 0 atom stereocenters. The van der Waals surface area contributed by atoms with Crippen LogP contribution in [-0.2, 0) is 4.79 Å². The van der Waals surface area contributed by atoms with Crippen LogP contribution in [-0.4, -0.2) is 33.3 Å². The summed E-state index contributed by atoms with van der Waals surface area (Å²) in [5.74, 6) is 1.93. The van der Waals surface area contributed by atoms with Crippen LogP contribution >= 0.6 is 0 Å². The third-order valence-electron chi connectivity index (χ3n) is 4.25. The van der Waals surface area contributed by atoms with Gasteiger partial charge < -0.3 is 19.5 Å². The van der Waals surface area contributed by atoms with E-state index in [4.69, 9.17) is 14.2 Å². The maximum atomic E-state index is 12.0. The van der Waals surface area contributed by atoms with Gasteiger partial charge >= 0.3 is 0 Å². The number of fused-ring (bicyclic) bond motifs is 1. The first-order valence-corrected chi connectivity index (χ1v) is 8.99. The largest absolute Gasteiger partial charge is 0.497 e. The number of ether oxygens (including phenoxy) is 3. The van der Waals surface area contributed by atoms with Crippen molar-refractivity contribution in [3.8, 4) is 17.2 Å². The maximum Gasteiger partial charge on any atom is 0.244 e. The van der Waals surface area contributed by atoms with E-state index in [-0.39, 0.29) is 5.91 Å². The summed E-state index contributed by atoms with van der Waals surface area (Å²) in [4.78, 5) is 12.0. The van der Waals surface area contributed by atoms with Gasteiger partial charge in [-0.15, -0.1) is 0 Å². The maximum absolute atomic E-state index is 12.0. The first-order valence-electron chi connectivity index (χ1n) is 8.99. The molecule has 0 bridgehead atoms. The number of amides is 1. The number of methoxy groups -OCH3 is 2. The molecule has 0 aliphatic carbocycles. The lowest BCUT2D eigenvalue weighted by Crippen LogP contribution is -2.26. The highest BCUT2D eigenvalue weighted by Crippen LogP contribution is 2.25. The van der Waals surface area contributed by atoms with Crippen molar-refractivity contribution in [3.63, 3.8) is 0 Å². The second kappa shape index (κ2) is 9.46. The van der Waals surface area contributed by atoms with Crippen LogP contribution in [0.1, 0.15) is 5.56 Å². The van der Waals surface area contributed by atoms with E-state index in [2.05, 4.69) is 11.4 Å². The Bertz CT molecular complexity index is 981. The first kappa shape index (κ1) is 19.3. The van der Waals surface area contributed by atoms with Crippen molar-refractivity contribution < 1.29 is 19.0 Å². The van der Waals surface area contributed by atoms with Gasteiger partial charge in [-0.25, -0.2) is 0 Å². The Morgan fingerprint density at radius 1 is 0.929 bits per heavy atom. The minimum Gasteiger partial charge on any atom is -0.497 e. The lowest BCUT2D eigenvalue weighted by molar-refractivity contribution is -0.116. The molecular weight excluding hydrogens is 354 g/mol. The zero-order valence-electron chi connectivity index (χ0n) is 16.0. The highest BCUT2D eigenvalue weighted by atomic mass is 16.5. The van der Waals surface area contributed by atoms with E-state index < -0.39 is 0 Å². The summed E-state index contributed by atoms with van der Waals surface area (Å²) in [6.45, 7) is 0.805. The van der Waals surface area contributed by atoms with Gasteiger partial charge in [0.15, 0.2) is 0 Å². The van der Waals surface area contributed by atoms with Crippen LogP contribution < -0.4 is 19.5 Å². The summed E-state index contributed by atoms with van der Waals surface area (Å²) in [5, 5.41) is 5.10. The van der Waals surface area contributed by atoms with E-state index in [0.29, 0.717) is 24.7 Å². The van der Waals surface area contributed by atoms with Gasteiger partial charge in [0.25, 0.3) is 0 Å². The number of hydrogen-bond acceptors (Lipinski definition) is 4. The molecule has 0 heterocycles. The highest BCUT2D eigenvalue weighted by Gasteiger charge is 2.03. The minimum atomic E-state index is -0.194. The molecule has 0 spiro atoms. The Morgan fingerprint density at radius 3 is 2.50 bits per heavy atom. The monoisotopic (exact) mass is 377 g/mol. The molecule has 0 radical (unpaired) electrons. The van der Waals surface area contributed by atoms with Crippen molar-refractivity contribution in [2.24, 2.45) is 0 Å². The molecule has 0 aromatic heterocycles. The van der Waals surface area contributed by atoms with Crippen LogP contribution in [0.2, 0.25) is 0 Å². The number of nitrogens with one attached hydrogen (secondary N) is 1. The third kappa shape index (κ3) is 5.04. The lowest BCUT2D eigenvalue weighted by Gasteiger charge is -2.08. The molecule has 0 saturated heterocycles. The Hall–Kier alpha value is -3.47. The molecule has 0 aliphatic heterocycles. The van der Waals surface area contributed by atoms with E-state index in [1.54, 1.807) is 26.4 Å². The van der Waals surface area contributed by atoms with Crippen LogP contribution in [0.3, 0.4) is 0 Å². The van der Waals surface area contributed by atoms with Gasteiger partial charge in [-0.05, 0) is 41.1 Å². The smallest absolute Gasteiger partial charge is 0.244 e. The van der Waals surface area contributed by atoms with Crippen molar-refractivity contribution in [2.45, 2.75) is 0 Å². The van der Waals surface area contributed by atoms with Gasteiger partial charge in [0.2, 0.25) is 5.91 Å². The molecule has 0 fully saturated rings. The van der Waals surface area contributed by atoms with E-state index >= 15 is 0 Å². The molecule has 28 heavy (non-hydrogen) atoms. The van der Waals surface area contributed by atoms with Crippen LogP contribution in [0.4, 0.5) is 0 Å². The molecular formula is C23H23NO4. The van der Waals surface area contributed by atoms with E-state index in [1.165, 1.54) is 11.5 Å². The molecule has 144 valence electrons. The predicted octanol–water partition coefficient (Wildman–Crippen LogP) is 4.07. The van der Waals surface area contributed by atoms with E-state index in [9.17, 15) is 4.79 Å². The standard InChI is InChI=1S/C23H23NO4/c1-26-20-10-8-18(22(16-20)27-2)9-12-23(25)24-13-14-28-21-11-7-17-5-3-4-6-19(17)15-21/h3-12,15-16H,13-14H2,1-2H3,(H,24,25)/b12-9+. The number of rotatable bonds is 8. The van der Waals surface area contributed by atoms with Crippen LogP contribution in [0.25, 0.3) is 16.8 Å². The number of carbonyl (C=O) groups is 1. The van der Waals surface area contributed by atoms with Gasteiger partial charge in [-0.3, -0.25) is 4.79 Å². The molecule has 3 rings (SSSR count). The summed E-state index contributed by atoms with van der Waals surface area (Å²) in [5.41, 5.74) is 0.797. The molecule has 5 heteroatoms. The van der Waals surface area contributed by atoms with Crippen LogP contribution in [0.15, 0.2) is 66.7 Å². The molecule has 5 nitrogen and oxygen atoms in total. The Labute approximate surface area is 164 Å². The first-order chi connectivity index (χ1) is 13.7. The quantitative estimate of drug-likeness (QED) is 0.475. The Kier molecular flexibility index (Phi) is 6.52. The summed E-state index contributed by atoms with van der Waals surface area (Å²) >= 11 is 0. The highest BCUT2D eigenvalue weighted by molar-refractivity contribution is 5.92. The van der Waals surface area contributed by atoms with Gasteiger partial charge in [0.1, 0.15) is 23.9 Å². The van der Waals surface area contributed by atoms with Gasteiger partial charge in [-0.1, -0.05) is 30.3 Å². The summed E-state index contributed by atoms with van der Waals surface area (Å²) in [6.07, 6.45) is 3.18. The lowest BCUT2D eigenvalue weighted by atomic mass is 10.1. The minimum absolute atomic E-state index is 0.194. The topological polar surface area (TPSA) is 56.8 Å². The van der Waals surface area contributed by atoms with Gasteiger partial charge in [0, 0.05) is 17.7 Å². The molecule has 3 aromatic rings. The Morgan fingerprint density at radius 2 is 1.71 bits per heavy atom. The summed E-state index contributed by atoms with van der Waals surface area (Å²) in [7, 11) is 3.17. The van der Waals surface area contributed by atoms with Crippen molar-refractivity contribution in [2.75, 3.05) is 27.4 Å². The normalized spacial score (nSPS) is 10.8. The SMILES string of the molecule is COc1ccc(/C=C/C(=O)NCCOc2ccc3ccccc3c2)c(OC)c1. The molecule has 0 unspecified atom stereocenters. The average Bonchev–Trinajstić information content (AvgIpc) is 2.75. The van der Waals surface area contributed by atoms with E-state index in [0.717, 1.165) is 16.7 Å².